The summed E-state index contributed by atoms with van der Waals surface area (Å²) in [6.45, 7) is 3.44. The Bertz CT molecular complexity index is 524. The minimum absolute atomic E-state index is 0.335. The van der Waals surface area contributed by atoms with Gasteiger partial charge in [0.2, 0.25) is 0 Å². The number of nitrogens with one attached hydrogen (secondary N) is 1. The van der Waals surface area contributed by atoms with Crippen molar-refractivity contribution in [3.05, 3.63) is 47.4 Å². The van der Waals surface area contributed by atoms with Crippen LogP contribution in [0.1, 0.15) is 6.23 Å². The Morgan fingerprint density at radius 2 is 2.21 bits per heavy atom. The number of imidazole rings is 1. The second-order valence-corrected chi connectivity index (χ2v) is 2.97. The van der Waals surface area contributed by atoms with Crippen LogP contribution in [0.5, 0.6) is 0 Å². The Morgan fingerprint density at radius 1 is 1.50 bits per heavy atom. The number of H-pyrrole nitrogens is 1. The van der Waals surface area contributed by atoms with Crippen molar-refractivity contribution in [2.75, 3.05) is 0 Å². The second-order valence-electron chi connectivity index (χ2n) is 2.97. The zero-order valence-electron chi connectivity index (χ0n) is 7.47. The number of aliphatic hydroxyl groups is 1. The quantitative estimate of drug-likeness (QED) is 0.694. The summed E-state index contributed by atoms with van der Waals surface area (Å²) in [7, 11) is 0. The van der Waals surface area contributed by atoms with E-state index in [1.54, 1.807) is 12.1 Å². The number of para-hydroxylation sites is 2. The number of aromatic amines is 1. The number of hydrogen-bond donors (Lipinski definition) is 2. The molecule has 0 aliphatic rings. The number of rotatable bonds is 2. The SMILES string of the molecule is C=CC(O)n1c(=O)[nH]c2ccccc21. The van der Waals surface area contributed by atoms with Gasteiger partial charge < -0.3 is 10.1 Å². The molecule has 2 aromatic rings. The highest BCUT2D eigenvalue weighted by Crippen LogP contribution is 2.12. The van der Waals surface area contributed by atoms with E-state index in [9.17, 15) is 9.90 Å². The molecule has 0 amide bonds. The highest BCUT2D eigenvalue weighted by Gasteiger charge is 2.10. The van der Waals surface area contributed by atoms with Gasteiger partial charge in [0.25, 0.3) is 0 Å². The van der Waals surface area contributed by atoms with E-state index in [4.69, 9.17) is 0 Å². The molecule has 0 saturated carbocycles. The maximum Gasteiger partial charge on any atom is 0.328 e. The van der Waals surface area contributed by atoms with Gasteiger partial charge in [0.15, 0.2) is 6.23 Å². The van der Waals surface area contributed by atoms with Crippen LogP contribution in [0.25, 0.3) is 11.0 Å². The van der Waals surface area contributed by atoms with Gasteiger partial charge >= 0.3 is 5.69 Å². The molecule has 4 heteroatoms. The van der Waals surface area contributed by atoms with Crippen molar-refractivity contribution in [3.63, 3.8) is 0 Å². The first-order valence-corrected chi connectivity index (χ1v) is 4.24. The Hall–Kier alpha value is -1.81. The van der Waals surface area contributed by atoms with Gasteiger partial charge in [-0.1, -0.05) is 18.7 Å². The van der Waals surface area contributed by atoms with E-state index < -0.39 is 6.23 Å². The van der Waals surface area contributed by atoms with Crippen molar-refractivity contribution in [1.29, 1.82) is 0 Å². The molecular weight excluding hydrogens is 180 g/mol. The van der Waals surface area contributed by atoms with Gasteiger partial charge in [-0.2, -0.15) is 0 Å². The molecule has 1 atom stereocenters. The number of fused-ring (bicyclic) bond motifs is 1. The lowest BCUT2D eigenvalue weighted by molar-refractivity contribution is 0.156. The molecule has 2 rings (SSSR count). The molecule has 14 heavy (non-hydrogen) atoms. The molecule has 1 aromatic carbocycles. The minimum Gasteiger partial charge on any atom is -0.369 e. The molecule has 1 heterocycles. The summed E-state index contributed by atoms with van der Waals surface area (Å²) in [5.74, 6) is 0. The molecule has 2 N–H and O–H groups in total. The van der Waals surface area contributed by atoms with Crippen LogP contribution in [0, 0.1) is 0 Å². The number of benzene rings is 1. The van der Waals surface area contributed by atoms with Gasteiger partial charge in [0.05, 0.1) is 11.0 Å². The first kappa shape index (κ1) is 8.77. The fourth-order valence-corrected chi connectivity index (χ4v) is 1.44. The smallest absolute Gasteiger partial charge is 0.328 e. The highest BCUT2D eigenvalue weighted by molar-refractivity contribution is 5.75. The lowest BCUT2D eigenvalue weighted by Gasteiger charge is -2.05. The molecule has 0 aliphatic heterocycles. The van der Waals surface area contributed by atoms with E-state index in [-0.39, 0.29) is 5.69 Å². The standard InChI is InChI=1S/C10H10N2O2/c1-2-9(13)12-8-6-4-3-5-7(8)11-10(12)14/h2-6,9,13H,1H2,(H,11,14). The Kier molecular flexibility index (Phi) is 1.98. The molecule has 4 nitrogen and oxygen atoms in total. The third kappa shape index (κ3) is 1.16. The van der Waals surface area contributed by atoms with Crippen LogP contribution in [-0.2, 0) is 0 Å². The van der Waals surface area contributed by atoms with Crippen LogP contribution in [0.3, 0.4) is 0 Å². The lowest BCUT2D eigenvalue weighted by atomic mass is 10.3. The zero-order valence-corrected chi connectivity index (χ0v) is 7.47. The molecule has 72 valence electrons. The zero-order chi connectivity index (χ0) is 10.1. The predicted octanol–water partition coefficient (Wildman–Crippen LogP) is 1.01. The number of nitrogens with zero attached hydrogens (tertiary/aromatic N) is 1. The Labute approximate surface area is 80.1 Å². The number of aromatic nitrogens is 2. The first-order valence-electron chi connectivity index (χ1n) is 4.24. The van der Waals surface area contributed by atoms with Crippen LogP contribution < -0.4 is 5.69 Å². The van der Waals surface area contributed by atoms with Gasteiger partial charge in [-0.05, 0) is 18.2 Å². The summed E-state index contributed by atoms with van der Waals surface area (Å²) in [5, 5.41) is 9.52. The topological polar surface area (TPSA) is 58.0 Å². The maximum atomic E-state index is 11.4. The van der Waals surface area contributed by atoms with E-state index in [2.05, 4.69) is 11.6 Å². The van der Waals surface area contributed by atoms with Gasteiger partial charge in [-0.3, -0.25) is 4.57 Å². The molecule has 0 spiro atoms. The summed E-state index contributed by atoms with van der Waals surface area (Å²) in [6, 6.07) is 7.17. The molecule has 0 aliphatic carbocycles. The van der Waals surface area contributed by atoms with E-state index in [0.29, 0.717) is 11.0 Å². The van der Waals surface area contributed by atoms with Crippen molar-refractivity contribution >= 4 is 11.0 Å². The fourth-order valence-electron chi connectivity index (χ4n) is 1.44. The van der Waals surface area contributed by atoms with Crippen LogP contribution in [0.2, 0.25) is 0 Å². The summed E-state index contributed by atoms with van der Waals surface area (Å²) >= 11 is 0. The van der Waals surface area contributed by atoms with Crippen LogP contribution in [0.4, 0.5) is 0 Å². The Morgan fingerprint density at radius 3 is 2.93 bits per heavy atom. The van der Waals surface area contributed by atoms with Crippen LogP contribution in [-0.4, -0.2) is 14.7 Å². The molecule has 0 fully saturated rings. The largest absolute Gasteiger partial charge is 0.369 e. The van der Waals surface area contributed by atoms with Crippen molar-refractivity contribution in [2.45, 2.75) is 6.23 Å². The van der Waals surface area contributed by atoms with Gasteiger partial charge in [-0.25, -0.2) is 4.79 Å². The molecule has 1 aromatic heterocycles. The predicted molar refractivity (Wildman–Crippen MR) is 54.0 cm³/mol. The summed E-state index contributed by atoms with van der Waals surface area (Å²) < 4.78 is 1.25. The molecular formula is C10H10N2O2. The third-order valence-electron chi connectivity index (χ3n) is 2.10. The summed E-state index contributed by atoms with van der Waals surface area (Å²) in [5.41, 5.74) is 1.04. The van der Waals surface area contributed by atoms with Gasteiger partial charge in [-0.15, -0.1) is 0 Å². The average molecular weight is 190 g/mol. The van der Waals surface area contributed by atoms with Crippen molar-refractivity contribution < 1.29 is 5.11 Å². The monoisotopic (exact) mass is 190 g/mol. The van der Waals surface area contributed by atoms with Crippen LogP contribution in [0.15, 0.2) is 41.7 Å². The molecule has 0 bridgehead atoms. The van der Waals surface area contributed by atoms with E-state index in [1.807, 2.05) is 12.1 Å². The van der Waals surface area contributed by atoms with Gasteiger partial charge in [0, 0.05) is 0 Å². The summed E-state index contributed by atoms with van der Waals surface area (Å²) in [4.78, 5) is 14.1. The maximum absolute atomic E-state index is 11.4. The number of aliphatic hydroxyl groups excluding tert-OH is 1. The number of hydrogen-bond acceptors (Lipinski definition) is 2. The van der Waals surface area contributed by atoms with Crippen LogP contribution >= 0.6 is 0 Å². The van der Waals surface area contributed by atoms with E-state index >= 15 is 0 Å². The average Bonchev–Trinajstić information content (AvgIpc) is 2.53. The summed E-state index contributed by atoms with van der Waals surface area (Å²) in [6.07, 6.45) is 0.320. The third-order valence-corrected chi connectivity index (χ3v) is 2.10. The van der Waals surface area contributed by atoms with E-state index in [1.165, 1.54) is 10.6 Å². The molecule has 0 saturated heterocycles. The van der Waals surface area contributed by atoms with Crippen molar-refractivity contribution in [3.8, 4) is 0 Å². The minimum atomic E-state index is -0.987. The molecule has 0 radical (unpaired) electrons. The fraction of sp³-hybridized carbons (Fsp3) is 0.100. The van der Waals surface area contributed by atoms with Gasteiger partial charge in [0.1, 0.15) is 0 Å². The van der Waals surface area contributed by atoms with E-state index in [0.717, 1.165) is 0 Å². The first-order chi connectivity index (χ1) is 6.74. The lowest BCUT2D eigenvalue weighted by Crippen LogP contribution is -2.20. The van der Waals surface area contributed by atoms with Crippen molar-refractivity contribution in [2.24, 2.45) is 0 Å². The molecule has 1 unspecified atom stereocenters. The second kappa shape index (κ2) is 3.16. The normalized spacial score (nSPS) is 12.9. The van der Waals surface area contributed by atoms with Crippen molar-refractivity contribution in [1.82, 2.24) is 9.55 Å². The highest BCUT2D eigenvalue weighted by atomic mass is 16.3. The Balaban J connectivity index is 2.80.